The van der Waals surface area contributed by atoms with Gasteiger partial charge in [0, 0.05) is 12.5 Å². The van der Waals surface area contributed by atoms with Crippen molar-refractivity contribution in [1.82, 2.24) is 0 Å². The molecule has 0 N–H and O–H groups in total. The van der Waals surface area contributed by atoms with Gasteiger partial charge in [-0.3, -0.25) is 4.79 Å². The Hall–Kier alpha value is -0.810. The highest BCUT2D eigenvalue weighted by atomic mass is 16.5. The van der Waals surface area contributed by atoms with Gasteiger partial charge in [0.2, 0.25) is 5.78 Å². The first kappa shape index (κ1) is 16.2. The number of unbranched alkanes of at least 4 members (excludes halogenated alkanes) is 3. The normalized spacial score (nSPS) is 12.8. The monoisotopic (exact) mass is 238 g/mol. The van der Waals surface area contributed by atoms with Crippen molar-refractivity contribution >= 4 is 5.78 Å². The van der Waals surface area contributed by atoms with Crippen molar-refractivity contribution in [3.05, 3.63) is 0 Å². The predicted molar refractivity (Wildman–Crippen MR) is 71.8 cm³/mol. The van der Waals surface area contributed by atoms with E-state index in [9.17, 15) is 4.79 Å². The molecule has 0 aliphatic carbocycles. The lowest BCUT2D eigenvalue weighted by molar-refractivity contribution is -0.120. The molecule has 2 nitrogen and oxygen atoms in total. The lowest BCUT2D eigenvalue weighted by atomic mass is 9.91. The van der Waals surface area contributed by atoms with E-state index in [4.69, 9.17) is 4.74 Å². The largest absolute Gasteiger partial charge is 0.369 e. The summed E-state index contributed by atoms with van der Waals surface area (Å²) in [5, 5.41) is 0. The molecule has 0 aromatic rings. The van der Waals surface area contributed by atoms with E-state index in [1.165, 1.54) is 19.3 Å². The maximum atomic E-state index is 11.6. The fraction of sp³-hybridized carbons (Fsp3) is 0.800. The number of carbonyl (C=O) groups is 1. The molecule has 1 unspecified atom stereocenters. The molecule has 0 rings (SSSR count). The Morgan fingerprint density at radius 1 is 1.24 bits per heavy atom. The molecule has 0 aromatic heterocycles. The van der Waals surface area contributed by atoms with E-state index in [2.05, 4.69) is 18.8 Å². The summed E-state index contributed by atoms with van der Waals surface area (Å²) >= 11 is 0. The van der Waals surface area contributed by atoms with Crippen LogP contribution in [0.1, 0.15) is 59.8 Å². The van der Waals surface area contributed by atoms with Crippen molar-refractivity contribution in [3.8, 4) is 11.8 Å². The van der Waals surface area contributed by atoms with Crippen molar-refractivity contribution < 1.29 is 9.53 Å². The van der Waals surface area contributed by atoms with E-state index < -0.39 is 0 Å². The smallest absolute Gasteiger partial charge is 0.210 e. The molecule has 0 heterocycles. The molecule has 0 saturated carbocycles. The Morgan fingerprint density at radius 2 is 1.88 bits per heavy atom. The average molecular weight is 238 g/mol. The summed E-state index contributed by atoms with van der Waals surface area (Å²) in [6.45, 7) is 7.84. The lowest BCUT2D eigenvalue weighted by Crippen LogP contribution is -2.18. The number of ketones is 1. The second kappa shape index (κ2) is 8.31. The first-order valence-corrected chi connectivity index (χ1v) is 6.50. The Morgan fingerprint density at radius 3 is 2.35 bits per heavy atom. The van der Waals surface area contributed by atoms with Crippen molar-refractivity contribution in [3.63, 3.8) is 0 Å². The average Bonchev–Trinajstić information content (AvgIpc) is 2.26. The number of Topliss-reactive ketones (excluding diaryl/α,β-unsaturated/α-hetero) is 1. The van der Waals surface area contributed by atoms with Gasteiger partial charge in [0.25, 0.3) is 0 Å². The number of methoxy groups -OCH3 is 1. The Labute approximate surface area is 106 Å². The molecule has 0 spiro atoms. The van der Waals surface area contributed by atoms with Gasteiger partial charge in [0.05, 0.1) is 0 Å². The molecule has 98 valence electrons. The molecular weight excluding hydrogens is 212 g/mol. The molecule has 0 bridgehead atoms. The van der Waals surface area contributed by atoms with Crippen LogP contribution in [0.5, 0.6) is 0 Å². The van der Waals surface area contributed by atoms with Crippen molar-refractivity contribution in [2.75, 3.05) is 7.11 Å². The third-order valence-corrected chi connectivity index (χ3v) is 2.63. The molecule has 0 radical (unpaired) electrons. The fourth-order valence-corrected chi connectivity index (χ4v) is 1.34. The second-order valence-electron chi connectivity index (χ2n) is 5.42. The molecule has 0 fully saturated rings. The minimum Gasteiger partial charge on any atom is -0.369 e. The summed E-state index contributed by atoms with van der Waals surface area (Å²) in [6, 6.07) is 0. The minimum atomic E-state index is -0.381. The summed E-state index contributed by atoms with van der Waals surface area (Å²) in [7, 11) is 1.65. The highest BCUT2D eigenvalue weighted by Crippen LogP contribution is 2.13. The van der Waals surface area contributed by atoms with Crippen LogP contribution in [0.15, 0.2) is 0 Å². The highest BCUT2D eigenvalue weighted by molar-refractivity contribution is 5.99. The first-order valence-electron chi connectivity index (χ1n) is 6.50. The zero-order valence-corrected chi connectivity index (χ0v) is 11.9. The maximum Gasteiger partial charge on any atom is 0.210 e. The van der Waals surface area contributed by atoms with Crippen LogP contribution in [0.25, 0.3) is 0 Å². The summed E-state index contributed by atoms with van der Waals surface area (Å²) in [5.41, 5.74) is -0.381. The fourth-order valence-electron chi connectivity index (χ4n) is 1.34. The maximum absolute atomic E-state index is 11.6. The van der Waals surface area contributed by atoms with E-state index >= 15 is 0 Å². The van der Waals surface area contributed by atoms with Crippen LogP contribution in [-0.2, 0) is 9.53 Å². The SMILES string of the molecule is CCCCCCC(C#CC(=O)C(C)(C)C)OC. The highest BCUT2D eigenvalue weighted by Gasteiger charge is 2.19. The summed E-state index contributed by atoms with van der Waals surface area (Å²) in [5.74, 6) is 5.61. The number of ether oxygens (including phenoxy) is 1. The van der Waals surface area contributed by atoms with Gasteiger partial charge in [-0.2, -0.15) is 0 Å². The molecule has 0 aromatic carbocycles. The molecule has 2 heteroatoms. The Bertz CT molecular complexity index is 276. The number of rotatable bonds is 6. The standard InChI is InChI=1S/C15H26O2/c1-6-7-8-9-10-13(17-5)11-12-14(16)15(2,3)4/h13H,6-10H2,1-5H3. The van der Waals surface area contributed by atoms with Crippen LogP contribution in [0.2, 0.25) is 0 Å². The lowest BCUT2D eigenvalue weighted by Gasteiger charge is -2.12. The minimum absolute atomic E-state index is 0.0203. The van der Waals surface area contributed by atoms with E-state index in [0.717, 1.165) is 12.8 Å². The van der Waals surface area contributed by atoms with Crippen LogP contribution >= 0.6 is 0 Å². The van der Waals surface area contributed by atoms with Gasteiger partial charge < -0.3 is 4.74 Å². The molecule has 0 saturated heterocycles. The molecule has 0 amide bonds. The third kappa shape index (κ3) is 7.99. The Kier molecular flexibility index (Phi) is 7.91. The van der Waals surface area contributed by atoms with Crippen LogP contribution in [0, 0.1) is 17.3 Å². The van der Waals surface area contributed by atoms with Gasteiger partial charge in [-0.05, 0) is 18.8 Å². The summed E-state index contributed by atoms with van der Waals surface area (Å²) < 4.78 is 5.27. The second-order valence-corrected chi connectivity index (χ2v) is 5.42. The van der Waals surface area contributed by atoms with Crippen LogP contribution < -0.4 is 0 Å². The summed E-state index contributed by atoms with van der Waals surface area (Å²) in [6.07, 6.45) is 5.63. The molecule has 17 heavy (non-hydrogen) atoms. The molecular formula is C15H26O2. The van der Waals surface area contributed by atoms with E-state index in [-0.39, 0.29) is 17.3 Å². The molecule has 0 aliphatic rings. The van der Waals surface area contributed by atoms with Gasteiger partial charge in [-0.1, -0.05) is 52.9 Å². The van der Waals surface area contributed by atoms with E-state index in [1.807, 2.05) is 20.8 Å². The number of hydrogen-bond acceptors (Lipinski definition) is 2. The topological polar surface area (TPSA) is 26.3 Å². The van der Waals surface area contributed by atoms with Crippen LogP contribution in [0.4, 0.5) is 0 Å². The van der Waals surface area contributed by atoms with Gasteiger partial charge in [-0.15, -0.1) is 0 Å². The van der Waals surface area contributed by atoms with Crippen molar-refractivity contribution in [1.29, 1.82) is 0 Å². The van der Waals surface area contributed by atoms with Crippen molar-refractivity contribution in [2.24, 2.45) is 5.41 Å². The molecule has 1 atom stereocenters. The van der Waals surface area contributed by atoms with E-state index in [0.29, 0.717) is 0 Å². The van der Waals surface area contributed by atoms with E-state index in [1.54, 1.807) is 7.11 Å². The van der Waals surface area contributed by atoms with Gasteiger partial charge >= 0.3 is 0 Å². The van der Waals surface area contributed by atoms with Gasteiger partial charge in [0.1, 0.15) is 6.10 Å². The van der Waals surface area contributed by atoms with Crippen LogP contribution in [-0.4, -0.2) is 19.0 Å². The number of hydrogen-bond donors (Lipinski definition) is 0. The quantitative estimate of drug-likeness (QED) is 0.401. The Balaban J connectivity index is 4.13. The predicted octanol–water partition coefficient (Wildman–Crippen LogP) is 3.59. The molecule has 0 aliphatic heterocycles. The van der Waals surface area contributed by atoms with Gasteiger partial charge in [-0.25, -0.2) is 0 Å². The van der Waals surface area contributed by atoms with Crippen LogP contribution in [0.3, 0.4) is 0 Å². The zero-order chi connectivity index (χ0) is 13.3. The first-order chi connectivity index (χ1) is 7.91. The number of carbonyl (C=O) groups excluding carboxylic acids is 1. The zero-order valence-electron chi connectivity index (χ0n) is 11.9. The van der Waals surface area contributed by atoms with Crippen molar-refractivity contribution in [2.45, 2.75) is 65.9 Å². The van der Waals surface area contributed by atoms with Gasteiger partial charge in [0.15, 0.2) is 0 Å². The summed E-state index contributed by atoms with van der Waals surface area (Å²) in [4.78, 5) is 11.6. The third-order valence-electron chi connectivity index (χ3n) is 2.63.